The van der Waals surface area contributed by atoms with Gasteiger partial charge in [0.2, 0.25) is 15.9 Å². The van der Waals surface area contributed by atoms with Gasteiger partial charge in [-0.25, -0.2) is 18.2 Å². The number of aliphatic imine (C=N–C) groups is 1. The molecule has 16 heteroatoms. The van der Waals surface area contributed by atoms with E-state index in [0.29, 0.717) is 58.4 Å². The SMILES string of the molecule is COc1ccc2c(O[C@@H]3C[C@H]4C(=O)N[C@]5(C(=O)NS(=O)(=O)C6(C)CC6)C[C@H]5/C=C\CCCCCNC(=O)N4C3)cc(C3=NC(C(C)C)CS3)nc2c1Cl. The molecule has 53 heavy (non-hydrogen) atoms. The number of sulfonamides is 1. The van der Waals surface area contributed by atoms with E-state index in [1.807, 2.05) is 24.3 Å². The number of amides is 4. The summed E-state index contributed by atoms with van der Waals surface area (Å²) < 4.78 is 39.6. The lowest BCUT2D eigenvalue weighted by molar-refractivity contribution is -0.131. The number of rotatable bonds is 8. The Bertz CT molecular complexity index is 1990. The maximum Gasteiger partial charge on any atom is 0.318 e. The maximum absolute atomic E-state index is 14.2. The fraction of sp³-hybridized carbons (Fsp3) is 0.595. The van der Waals surface area contributed by atoms with E-state index in [0.717, 1.165) is 36.5 Å². The second kappa shape index (κ2) is 14.6. The number of allylic oxidation sites excluding steroid dienone is 1. The summed E-state index contributed by atoms with van der Waals surface area (Å²) >= 11 is 8.42. The molecule has 2 saturated carbocycles. The molecule has 5 aliphatic rings. The van der Waals surface area contributed by atoms with Crippen molar-refractivity contribution < 1.29 is 32.3 Å². The van der Waals surface area contributed by atoms with Crippen LogP contribution in [0.1, 0.15) is 77.8 Å². The van der Waals surface area contributed by atoms with E-state index in [2.05, 4.69) is 29.2 Å². The molecule has 13 nitrogen and oxygen atoms in total. The lowest BCUT2D eigenvalue weighted by Crippen LogP contribution is -2.57. The molecular formula is C37H47ClN6O7S2. The van der Waals surface area contributed by atoms with E-state index in [-0.39, 0.29) is 31.3 Å². The molecule has 3 fully saturated rings. The average molecular weight is 787 g/mol. The van der Waals surface area contributed by atoms with Crippen LogP contribution < -0.4 is 24.8 Å². The first-order chi connectivity index (χ1) is 25.2. The molecule has 1 aromatic heterocycles. The Balaban J connectivity index is 1.19. The number of thioether (sulfide) groups is 1. The fourth-order valence-corrected chi connectivity index (χ4v) is 10.0. The van der Waals surface area contributed by atoms with Crippen molar-refractivity contribution in [2.24, 2.45) is 16.8 Å². The van der Waals surface area contributed by atoms with Crippen LogP contribution in [-0.2, 0) is 19.6 Å². The molecule has 3 N–H and O–H groups in total. The summed E-state index contributed by atoms with van der Waals surface area (Å²) in [6, 6.07) is 4.14. The van der Waals surface area contributed by atoms with Gasteiger partial charge in [-0.1, -0.05) is 44.0 Å². The van der Waals surface area contributed by atoms with E-state index < -0.39 is 50.3 Å². The maximum atomic E-state index is 14.2. The lowest BCUT2D eigenvalue weighted by atomic mass is 10.1. The zero-order valence-electron chi connectivity index (χ0n) is 30.4. The van der Waals surface area contributed by atoms with E-state index in [1.165, 1.54) is 12.0 Å². The van der Waals surface area contributed by atoms with Crippen molar-refractivity contribution in [3.63, 3.8) is 0 Å². The van der Waals surface area contributed by atoms with Crippen LogP contribution in [0.25, 0.3) is 10.9 Å². The number of nitrogens with one attached hydrogen (secondary N) is 3. The van der Waals surface area contributed by atoms with E-state index in [1.54, 1.807) is 24.8 Å². The van der Waals surface area contributed by atoms with Gasteiger partial charge in [-0.2, -0.15) is 0 Å². The van der Waals surface area contributed by atoms with Gasteiger partial charge < -0.3 is 25.0 Å². The molecule has 4 heterocycles. The largest absolute Gasteiger partial charge is 0.495 e. The van der Waals surface area contributed by atoms with Crippen molar-refractivity contribution in [1.29, 1.82) is 0 Å². The third kappa shape index (κ3) is 7.45. The summed E-state index contributed by atoms with van der Waals surface area (Å²) in [7, 11) is -2.41. The Kier molecular flexibility index (Phi) is 10.4. The van der Waals surface area contributed by atoms with E-state index in [9.17, 15) is 22.8 Å². The van der Waals surface area contributed by atoms with Crippen LogP contribution >= 0.6 is 23.4 Å². The highest BCUT2D eigenvalue weighted by molar-refractivity contribution is 8.14. The van der Waals surface area contributed by atoms with Gasteiger partial charge in [0.15, 0.2) is 0 Å². The molecule has 1 aromatic carbocycles. The van der Waals surface area contributed by atoms with Crippen molar-refractivity contribution in [1.82, 2.24) is 25.2 Å². The van der Waals surface area contributed by atoms with Gasteiger partial charge in [-0.05, 0) is 63.5 Å². The number of carbonyl (C=O) groups excluding carboxylic acids is 3. The molecule has 1 saturated heterocycles. The number of urea groups is 1. The molecule has 2 aliphatic carbocycles. The Labute approximate surface area is 319 Å². The van der Waals surface area contributed by atoms with Gasteiger partial charge in [0, 0.05) is 36.1 Å². The highest BCUT2D eigenvalue weighted by Gasteiger charge is 2.63. The predicted molar refractivity (Wildman–Crippen MR) is 205 cm³/mol. The van der Waals surface area contributed by atoms with Crippen molar-refractivity contribution >= 4 is 67.2 Å². The van der Waals surface area contributed by atoms with Crippen molar-refractivity contribution in [2.45, 2.75) is 101 Å². The van der Waals surface area contributed by atoms with Crippen LogP contribution in [0, 0.1) is 11.8 Å². The quantitative estimate of drug-likeness (QED) is 0.314. The van der Waals surface area contributed by atoms with Crippen LogP contribution in [0.2, 0.25) is 5.02 Å². The number of fused-ring (bicyclic) bond motifs is 3. The number of hydrogen-bond donors (Lipinski definition) is 3. The summed E-state index contributed by atoms with van der Waals surface area (Å²) in [4.78, 5) is 52.9. The highest BCUT2D eigenvalue weighted by atomic mass is 35.5. The number of pyridine rings is 1. The first kappa shape index (κ1) is 37.7. The van der Waals surface area contributed by atoms with Crippen molar-refractivity contribution in [2.75, 3.05) is 26.0 Å². The Morgan fingerprint density at radius 3 is 2.68 bits per heavy atom. The number of ether oxygens (including phenoxy) is 2. The molecule has 286 valence electrons. The minimum absolute atomic E-state index is 0.0906. The van der Waals surface area contributed by atoms with Crippen LogP contribution in [0.5, 0.6) is 11.5 Å². The lowest BCUT2D eigenvalue weighted by Gasteiger charge is -2.27. The second-order valence-corrected chi connectivity index (χ2v) is 18.9. The molecule has 3 aliphatic heterocycles. The molecule has 0 bridgehead atoms. The minimum Gasteiger partial charge on any atom is -0.495 e. The summed E-state index contributed by atoms with van der Waals surface area (Å²) in [6.07, 6.45) is 7.89. The predicted octanol–water partition coefficient (Wildman–Crippen LogP) is 4.95. The highest BCUT2D eigenvalue weighted by Crippen LogP contribution is 2.48. The third-order valence-electron chi connectivity index (χ3n) is 11.1. The molecule has 1 unspecified atom stereocenters. The fourth-order valence-electron chi connectivity index (χ4n) is 7.17. The number of methoxy groups -OCH3 is 1. The number of hydrogen-bond acceptors (Lipinski definition) is 10. The average Bonchev–Trinajstić information content (AvgIpc) is 3.89. The third-order valence-corrected chi connectivity index (χ3v) is 14.8. The van der Waals surface area contributed by atoms with Crippen LogP contribution in [0.4, 0.5) is 4.79 Å². The zero-order valence-corrected chi connectivity index (χ0v) is 32.8. The van der Waals surface area contributed by atoms with Gasteiger partial charge in [-0.15, -0.1) is 11.8 Å². The molecule has 5 atom stereocenters. The summed E-state index contributed by atoms with van der Waals surface area (Å²) in [5, 5.41) is 7.61. The first-order valence-corrected chi connectivity index (χ1v) is 21.2. The van der Waals surface area contributed by atoms with Gasteiger partial charge in [-0.3, -0.25) is 19.3 Å². The molecule has 0 radical (unpaired) electrons. The normalized spacial score (nSPS) is 29.2. The smallest absolute Gasteiger partial charge is 0.318 e. The van der Waals surface area contributed by atoms with Gasteiger partial charge in [0.05, 0.1) is 35.7 Å². The van der Waals surface area contributed by atoms with E-state index in [4.69, 9.17) is 31.1 Å². The molecule has 4 amide bonds. The Morgan fingerprint density at radius 2 is 1.96 bits per heavy atom. The van der Waals surface area contributed by atoms with Gasteiger partial charge in [0.1, 0.15) is 39.3 Å². The number of benzene rings is 1. The Morgan fingerprint density at radius 1 is 1.17 bits per heavy atom. The van der Waals surface area contributed by atoms with Crippen LogP contribution in [-0.4, -0.2) is 95.6 Å². The number of aromatic nitrogens is 1. The molecule has 0 spiro atoms. The molecular weight excluding hydrogens is 740 g/mol. The summed E-state index contributed by atoms with van der Waals surface area (Å²) in [5.41, 5.74) is -0.365. The van der Waals surface area contributed by atoms with Crippen LogP contribution in [0.3, 0.4) is 0 Å². The zero-order chi connectivity index (χ0) is 37.7. The van der Waals surface area contributed by atoms with Gasteiger partial charge in [0.25, 0.3) is 5.91 Å². The number of carbonyl (C=O) groups is 3. The Hall–Kier alpha value is -3.56. The summed E-state index contributed by atoms with van der Waals surface area (Å²) in [6.45, 7) is 6.41. The van der Waals surface area contributed by atoms with Crippen molar-refractivity contribution in [3.8, 4) is 11.5 Å². The molecule has 2 aromatic rings. The number of halogens is 1. The first-order valence-electron chi connectivity index (χ1n) is 18.4. The van der Waals surface area contributed by atoms with E-state index >= 15 is 0 Å². The topological polar surface area (TPSA) is 168 Å². The summed E-state index contributed by atoms with van der Waals surface area (Å²) in [5.74, 6) is 0.438. The van der Waals surface area contributed by atoms with Crippen molar-refractivity contribution in [3.05, 3.63) is 41.1 Å². The standard InChI is InChI=1S/C37H47ClN6O7S2/c1-21(2)26-20-52-33(41-26)25-17-29(24-11-12-28(50-4)30(38)31(24)40-25)51-23-16-27-32(45)42-37(34(46)43-53(48,49)36(3)13-14-36)18-22(37)10-8-6-5-7-9-15-39-35(47)44(27)19-23/h8,10-12,17,21-23,26-27H,5-7,9,13-16,18-20H2,1-4H3,(H,39,47)(H,42,45)(H,43,46)/b10-8-/t22-,23-,26?,27+,37-/m1/s1. The second-order valence-electron chi connectivity index (χ2n) is 15.3. The monoisotopic (exact) mass is 786 g/mol. The minimum atomic E-state index is -3.94. The molecule has 7 rings (SSSR count). The number of nitrogens with zero attached hydrogens (tertiary/aromatic N) is 3. The van der Waals surface area contributed by atoms with Crippen LogP contribution in [0.15, 0.2) is 35.3 Å². The van der Waals surface area contributed by atoms with Gasteiger partial charge >= 0.3 is 6.03 Å².